The van der Waals surface area contributed by atoms with Crippen molar-refractivity contribution in [3.8, 4) is 11.3 Å². The highest BCUT2D eigenvalue weighted by atomic mass is 32.2. The maximum Gasteiger partial charge on any atom is 0.243 e. The Balaban J connectivity index is 1.24. The Morgan fingerprint density at radius 3 is 2.48 bits per heavy atom. The summed E-state index contributed by atoms with van der Waals surface area (Å²) in [6.45, 7) is 7.98. The largest absolute Gasteiger partial charge is 0.356 e. The van der Waals surface area contributed by atoms with Crippen LogP contribution in [0, 0.1) is 19.8 Å². The van der Waals surface area contributed by atoms with E-state index >= 15 is 0 Å². The van der Waals surface area contributed by atoms with E-state index in [0.717, 1.165) is 55.7 Å². The van der Waals surface area contributed by atoms with E-state index in [1.807, 2.05) is 32.0 Å². The molecular weight excluding hydrogens is 434 g/mol. The number of hydrogen-bond donors (Lipinski definition) is 0. The number of aromatic nitrogens is 1. The molecule has 0 atom stereocenters. The summed E-state index contributed by atoms with van der Waals surface area (Å²) in [4.78, 5) is 2.89. The number of fused-ring (bicyclic) bond motifs is 1. The van der Waals surface area contributed by atoms with Crippen molar-refractivity contribution in [2.75, 3.05) is 26.2 Å². The topological polar surface area (TPSA) is 66.7 Å². The molecule has 2 aliphatic heterocycles. The predicted octanol–water partition coefficient (Wildman–Crippen LogP) is 4.42. The molecule has 1 saturated heterocycles. The number of piperidine rings is 1. The Hall–Kier alpha value is -2.48. The summed E-state index contributed by atoms with van der Waals surface area (Å²) in [5.41, 5.74) is 5.16. The lowest BCUT2D eigenvalue weighted by Gasteiger charge is -2.36. The first-order valence-electron chi connectivity index (χ1n) is 11.7. The number of rotatable bonds is 5. The van der Waals surface area contributed by atoms with Crippen molar-refractivity contribution in [3.05, 3.63) is 70.9 Å². The molecule has 2 aromatic carbocycles. The van der Waals surface area contributed by atoms with Gasteiger partial charge in [-0.3, -0.25) is 4.90 Å². The Bertz CT molecular complexity index is 1240. The standard InChI is InChI=1S/C26H31N3O3S/c1-19-7-8-23(25-15-20(2)27-32-25)16-26(19)33(30,31)29-13-9-21(10-14-29)17-28-12-11-22-5-3-4-6-24(22)18-28/h3-8,15-16,21H,9-14,17-18H2,1-2H3. The maximum atomic E-state index is 13.5. The molecule has 174 valence electrons. The third-order valence-corrected chi connectivity index (χ3v) is 9.06. The van der Waals surface area contributed by atoms with Gasteiger partial charge < -0.3 is 4.52 Å². The molecule has 6 nitrogen and oxygen atoms in total. The molecule has 0 bridgehead atoms. The van der Waals surface area contributed by atoms with Gasteiger partial charge in [0.1, 0.15) is 0 Å². The molecule has 1 fully saturated rings. The van der Waals surface area contributed by atoms with Crippen molar-refractivity contribution in [1.29, 1.82) is 0 Å². The maximum absolute atomic E-state index is 13.5. The van der Waals surface area contributed by atoms with Crippen LogP contribution in [0.5, 0.6) is 0 Å². The van der Waals surface area contributed by atoms with Gasteiger partial charge in [0.2, 0.25) is 10.0 Å². The fourth-order valence-electron chi connectivity index (χ4n) is 5.08. The summed E-state index contributed by atoms with van der Waals surface area (Å²) >= 11 is 0. The summed E-state index contributed by atoms with van der Waals surface area (Å²) in [5, 5.41) is 3.93. The van der Waals surface area contributed by atoms with Gasteiger partial charge in [-0.05, 0) is 61.8 Å². The molecule has 7 heteroatoms. The zero-order valence-corrected chi connectivity index (χ0v) is 20.1. The summed E-state index contributed by atoms with van der Waals surface area (Å²) < 4.78 is 34.0. The highest BCUT2D eigenvalue weighted by Crippen LogP contribution is 2.30. The molecule has 0 unspecified atom stereocenters. The van der Waals surface area contributed by atoms with Gasteiger partial charge in [-0.25, -0.2) is 8.42 Å². The van der Waals surface area contributed by atoms with Crippen molar-refractivity contribution in [2.24, 2.45) is 5.92 Å². The van der Waals surface area contributed by atoms with E-state index in [-0.39, 0.29) is 0 Å². The zero-order chi connectivity index (χ0) is 23.0. The minimum Gasteiger partial charge on any atom is -0.356 e. The number of hydrogen-bond acceptors (Lipinski definition) is 5. The smallest absolute Gasteiger partial charge is 0.243 e. The number of benzene rings is 2. The van der Waals surface area contributed by atoms with Crippen LogP contribution in [0.2, 0.25) is 0 Å². The van der Waals surface area contributed by atoms with E-state index < -0.39 is 10.0 Å². The highest BCUT2D eigenvalue weighted by molar-refractivity contribution is 7.89. The van der Waals surface area contributed by atoms with E-state index in [9.17, 15) is 8.42 Å². The van der Waals surface area contributed by atoms with Gasteiger partial charge >= 0.3 is 0 Å². The van der Waals surface area contributed by atoms with Crippen LogP contribution in [0.3, 0.4) is 0 Å². The number of aryl methyl sites for hydroxylation is 2. The van der Waals surface area contributed by atoms with Crippen LogP contribution < -0.4 is 0 Å². The first kappa shape index (κ1) is 22.3. The Morgan fingerprint density at radius 1 is 1.00 bits per heavy atom. The predicted molar refractivity (Wildman–Crippen MR) is 128 cm³/mol. The third-order valence-electron chi connectivity index (χ3n) is 7.02. The second-order valence-electron chi connectivity index (χ2n) is 9.41. The molecular formula is C26H31N3O3S. The molecule has 0 spiro atoms. The van der Waals surface area contributed by atoms with Gasteiger partial charge in [0.25, 0.3) is 0 Å². The number of nitrogens with zero attached hydrogens (tertiary/aromatic N) is 3. The van der Waals surface area contributed by atoms with Crippen molar-refractivity contribution in [2.45, 2.75) is 44.6 Å². The van der Waals surface area contributed by atoms with Crippen molar-refractivity contribution in [1.82, 2.24) is 14.4 Å². The normalized spacial score (nSPS) is 18.4. The van der Waals surface area contributed by atoms with Crippen LogP contribution in [-0.2, 0) is 23.0 Å². The second kappa shape index (κ2) is 9.05. The lowest BCUT2D eigenvalue weighted by atomic mass is 9.94. The molecule has 0 N–H and O–H groups in total. The Morgan fingerprint density at radius 2 is 1.76 bits per heavy atom. The highest BCUT2D eigenvalue weighted by Gasteiger charge is 2.32. The van der Waals surface area contributed by atoms with Gasteiger partial charge in [-0.1, -0.05) is 41.6 Å². The molecule has 2 aliphatic rings. The molecule has 3 heterocycles. The third kappa shape index (κ3) is 4.63. The van der Waals surface area contributed by atoms with Crippen molar-refractivity contribution in [3.63, 3.8) is 0 Å². The van der Waals surface area contributed by atoms with Crippen LogP contribution in [0.25, 0.3) is 11.3 Å². The molecule has 3 aromatic rings. The minimum absolute atomic E-state index is 0.361. The monoisotopic (exact) mass is 465 g/mol. The molecule has 0 aliphatic carbocycles. The van der Waals surface area contributed by atoms with Gasteiger partial charge in [0.05, 0.1) is 10.6 Å². The lowest BCUT2D eigenvalue weighted by molar-refractivity contribution is 0.171. The quantitative estimate of drug-likeness (QED) is 0.558. The van der Waals surface area contributed by atoms with Gasteiger partial charge in [-0.15, -0.1) is 0 Å². The Labute approximate surface area is 196 Å². The van der Waals surface area contributed by atoms with E-state index in [1.165, 1.54) is 11.1 Å². The van der Waals surface area contributed by atoms with Crippen LogP contribution in [0.15, 0.2) is 57.9 Å². The molecule has 0 amide bonds. The van der Waals surface area contributed by atoms with Gasteiger partial charge in [0.15, 0.2) is 5.76 Å². The molecule has 33 heavy (non-hydrogen) atoms. The average Bonchev–Trinajstić information content (AvgIpc) is 3.26. The molecule has 5 rings (SSSR count). The Kier molecular flexibility index (Phi) is 6.12. The van der Waals surface area contributed by atoms with Crippen molar-refractivity contribution >= 4 is 10.0 Å². The van der Waals surface area contributed by atoms with Crippen LogP contribution in [0.4, 0.5) is 0 Å². The van der Waals surface area contributed by atoms with Crippen LogP contribution in [-0.4, -0.2) is 49.0 Å². The van der Waals surface area contributed by atoms with Gasteiger partial charge in [-0.2, -0.15) is 4.31 Å². The van der Waals surface area contributed by atoms with Crippen LogP contribution in [0.1, 0.15) is 35.2 Å². The number of sulfonamides is 1. The average molecular weight is 466 g/mol. The van der Waals surface area contributed by atoms with Gasteiger partial charge in [0, 0.05) is 44.4 Å². The second-order valence-corrected chi connectivity index (χ2v) is 11.3. The fraction of sp³-hybridized carbons (Fsp3) is 0.423. The van der Waals surface area contributed by atoms with E-state index in [1.54, 1.807) is 10.4 Å². The van der Waals surface area contributed by atoms with E-state index in [0.29, 0.717) is 29.7 Å². The zero-order valence-electron chi connectivity index (χ0n) is 19.3. The summed E-state index contributed by atoms with van der Waals surface area (Å²) in [6, 6.07) is 16.0. The SMILES string of the molecule is Cc1cc(-c2ccc(C)c(S(=O)(=O)N3CCC(CN4CCc5ccccc5C4)CC3)c2)on1. The first-order valence-corrected chi connectivity index (χ1v) is 13.2. The summed E-state index contributed by atoms with van der Waals surface area (Å²) in [5.74, 6) is 1.12. The minimum atomic E-state index is -3.56. The molecule has 1 aromatic heterocycles. The molecule has 0 saturated carbocycles. The van der Waals surface area contributed by atoms with Crippen LogP contribution >= 0.6 is 0 Å². The van der Waals surface area contributed by atoms with E-state index in [2.05, 4.69) is 34.3 Å². The fourth-order valence-corrected chi connectivity index (χ4v) is 6.80. The van der Waals surface area contributed by atoms with E-state index in [4.69, 9.17) is 4.52 Å². The first-order chi connectivity index (χ1) is 15.9. The van der Waals surface area contributed by atoms with Crippen molar-refractivity contribution < 1.29 is 12.9 Å². The summed E-state index contributed by atoms with van der Waals surface area (Å²) in [7, 11) is -3.56. The summed E-state index contributed by atoms with van der Waals surface area (Å²) in [6.07, 6.45) is 2.90. The molecule has 0 radical (unpaired) electrons. The lowest BCUT2D eigenvalue weighted by Crippen LogP contribution is -2.42.